The number of hydrogen-bond donors (Lipinski definition) is 1. The van der Waals surface area contributed by atoms with Gasteiger partial charge in [0.1, 0.15) is 16.8 Å². The van der Waals surface area contributed by atoms with E-state index in [1.807, 2.05) is 6.92 Å². The van der Waals surface area contributed by atoms with E-state index >= 15 is 0 Å². The average molecular weight is 370 g/mol. The van der Waals surface area contributed by atoms with Crippen molar-refractivity contribution in [1.29, 1.82) is 0 Å². The molecular weight excluding hydrogens is 340 g/mol. The van der Waals surface area contributed by atoms with Gasteiger partial charge in [0.05, 0.1) is 13.2 Å². The van der Waals surface area contributed by atoms with Gasteiger partial charge in [-0.1, -0.05) is 18.9 Å². The monoisotopic (exact) mass is 370 g/mol. The topological polar surface area (TPSA) is 51.2 Å². The van der Waals surface area contributed by atoms with Crippen molar-refractivity contribution in [3.8, 4) is 11.8 Å². The van der Waals surface area contributed by atoms with Crippen molar-refractivity contribution in [3.63, 3.8) is 0 Å². The first-order valence-electron chi connectivity index (χ1n) is 10.8. The zero-order valence-corrected chi connectivity index (χ0v) is 16.5. The molecule has 6 rings (SSSR count). The summed E-state index contributed by atoms with van der Waals surface area (Å²) in [7, 11) is 0. The molecule has 4 nitrogen and oxygen atoms in total. The average Bonchev–Trinajstić information content (AvgIpc) is 2.99. The molecule has 6 atom stereocenters. The SMILES string of the molecule is CC#C[C@]1(O)CC[C@@H]2[C@@H]3CC[C@@]45CC6(CC[C@@]4(O5)C3=CC[C@@]21C)OCCO6. The van der Waals surface area contributed by atoms with Crippen LogP contribution in [0.25, 0.3) is 0 Å². The molecule has 4 heteroatoms. The largest absolute Gasteiger partial charge is 0.377 e. The lowest BCUT2D eigenvalue weighted by atomic mass is 9.53. The van der Waals surface area contributed by atoms with Crippen molar-refractivity contribution >= 4 is 0 Å². The van der Waals surface area contributed by atoms with Crippen LogP contribution < -0.4 is 0 Å². The Morgan fingerprint density at radius 3 is 2.70 bits per heavy atom. The predicted molar refractivity (Wildman–Crippen MR) is 99.7 cm³/mol. The first kappa shape index (κ1) is 17.0. The Kier molecular flexibility index (Phi) is 3.15. The predicted octanol–water partition coefficient (Wildman–Crippen LogP) is 3.33. The van der Waals surface area contributed by atoms with Crippen LogP contribution in [0.5, 0.6) is 0 Å². The van der Waals surface area contributed by atoms with Crippen molar-refractivity contribution < 1.29 is 19.3 Å². The van der Waals surface area contributed by atoms with Crippen LogP contribution >= 0.6 is 0 Å². The molecule has 0 radical (unpaired) electrons. The smallest absolute Gasteiger partial charge is 0.171 e. The molecule has 146 valence electrons. The van der Waals surface area contributed by atoms with Crippen LogP contribution in [0.15, 0.2) is 11.6 Å². The molecule has 2 saturated heterocycles. The Bertz CT molecular complexity index is 786. The van der Waals surface area contributed by atoms with E-state index in [4.69, 9.17) is 14.2 Å². The van der Waals surface area contributed by atoms with Gasteiger partial charge in [0, 0.05) is 18.3 Å². The molecule has 5 fully saturated rings. The van der Waals surface area contributed by atoms with Crippen LogP contribution in [-0.4, -0.2) is 40.9 Å². The van der Waals surface area contributed by atoms with E-state index in [-0.39, 0.29) is 22.4 Å². The molecule has 2 aliphatic heterocycles. The van der Waals surface area contributed by atoms with E-state index in [1.165, 1.54) is 5.57 Å². The minimum Gasteiger partial charge on any atom is -0.377 e. The maximum absolute atomic E-state index is 11.3. The number of hydrogen-bond acceptors (Lipinski definition) is 4. The standard InChI is InChI=1S/C23H30O4/c1-3-7-20(24)9-6-17-16-4-10-21-15-22(25-13-14-26-22)11-12-23(21,27-21)18(16)5-8-19(17,20)2/h5,16-17,24H,4,6,8-15H2,1-2H3/t16-,17+,19-,20-,21+,23+/m0/s1. The highest BCUT2D eigenvalue weighted by Gasteiger charge is 2.79. The van der Waals surface area contributed by atoms with Crippen molar-refractivity contribution in [3.05, 3.63) is 11.6 Å². The highest BCUT2D eigenvalue weighted by atomic mass is 16.7. The number of epoxide rings is 1. The lowest BCUT2D eigenvalue weighted by Crippen LogP contribution is -2.53. The minimum atomic E-state index is -0.840. The molecule has 6 aliphatic rings. The molecule has 0 aromatic carbocycles. The Morgan fingerprint density at radius 1 is 1.11 bits per heavy atom. The molecule has 1 spiro atoms. The lowest BCUT2D eigenvalue weighted by molar-refractivity contribution is -0.185. The van der Waals surface area contributed by atoms with Gasteiger partial charge in [-0.25, -0.2) is 0 Å². The van der Waals surface area contributed by atoms with Crippen LogP contribution in [0.3, 0.4) is 0 Å². The zero-order chi connectivity index (χ0) is 18.5. The first-order valence-corrected chi connectivity index (χ1v) is 10.8. The number of fused-ring (bicyclic) bond motifs is 3. The summed E-state index contributed by atoms with van der Waals surface area (Å²) in [5, 5.41) is 11.3. The summed E-state index contributed by atoms with van der Waals surface area (Å²) in [6.07, 6.45) is 10.3. The maximum atomic E-state index is 11.3. The number of rotatable bonds is 0. The van der Waals surface area contributed by atoms with Gasteiger partial charge in [-0.05, 0) is 62.9 Å². The number of aliphatic hydroxyl groups is 1. The second-order valence-corrected chi connectivity index (χ2v) is 10.0. The number of allylic oxidation sites excluding steroid dienone is 1. The van der Waals surface area contributed by atoms with E-state index in [1.54, 1.807) is 0 Å². The van der Waals surface area contributed by atoms with E-state index in [9.17, 15) is 5.11 Å². The normalized spacial score (nSPS) is 54.1. The van der Waals surface area contributed by atoms with Crippen LogP contribution in [0.1, 0.15) is 65.2 Å². The Hall–Kier alpha value is -0.860. The van der Waals surface area contributed by atoms with Crippen molar-refractivity contribution in [2.24, 2.45) is 17.3 Å². The third-order valence-corrected chi connectivity index (χ3v) is 9.16. The highest BCUT2D eigenvalue weighted by molar-refractivity contribution is 5.44. The quantitative estimate of drug-likeness (QED) is 0.404. The summed E-state index contributed by atoms with van der Waals surface area (Å²) < 4.78 is 18.7. The summed E-state index contributed by atoms with van der Waals surface area (Å²) in [4.78, 5) is 0. The molecule has 0 amide bonds. The third kappa shape index (κ3) is 1.86. The second-order valence-electron chi connectivity index (χ2n) is 10.0. The van der Waals surface area contributed by atoms with Crippen LogP contribution in [0.2, 0.25) is 0 Å². The number of ether oxygens (including phenoxy) is 3. The Morgan fingerprint density at radius 2 is 1.93 bits per heavy atom. The molecule has 3 saturated carbocycles. The van der Waals surface area contributed by atoms with Crippen molar-refractivity contribution in [1.82, 2.24) is 0 Å². The second kappa shape index (κ2) is 5.00. The minimum absolute atomic E-state index is 0.0657. The van der Waals surface area contributed by atoms with Gasteiger partial charge in [0.2, 0.25) is 0 Å². The molecule has 1 N–H and O–H groups in total. The molecule has 0 bridgehead atoms. The lowest BCUT2D eigenvalue weighted by Gasteiger charge is -2.51. The third-order valence-electron chi connectivity index (χ3n) is 9.16. The van der Waals surface area contributed by atoms with Gasteiger partial charge in [0.25, 0.3) is 0 Å². The zero-order valence-electron chi connectivity index (χ0n) is 16.5. The van der Waals surface area contributed by atoms with Gasteiger partial charge in [-0.15, -0.1) is 5.92 Å². The molecule has 2 heterocycles. The van der Waals surface area contributed by atoms with Crippen LogP contribution in [-0.2, 0) is 14.2 Å². The van der Waals surface area contributed by atoms with Crippen molar-refractivity contribution in [2.75, 3.05) is 13.2 Å². The fraction of sp³-hybridized carbons (Fsp3) is 0.826. The maximum Gasteiger partial charge on any atom is 0.171 e. The van der Waals surface area contributed by atoms with Gasteiger partial charge in [0.15, 0.2) is 5.79 Å². The fourth-order valence-corrected chi connectivity index (χ4v) is 7.76. The molecule has 27 heavy (non-hydrogen) atoms. The Balaban J connectivity index is 1.35. The van der Waals surface area contributed by atoms with E-state index < -0.39 is 5.60 Å². The summed E-state index contributed by atoms with van der Waals surface area (Å²) in [5.41, 5.74) is 0.424. The van der Waals surface area contributed by atoms with Gasteiger partial charge in [-0.2, -0.15) is 0 Å². The van der Waals surface area contributed by atoms with Crippen molar-refractivity contribution in [2.45, 2.75) is 87.8 Å². The van der Waals surface area contributed by atoms with Crippen LogP contribution in [0.4, 0.5) is 0 Å². The van der Waals surface area contributed by atoms with Gasteiger partial charge >= 0.3 is 0 Å². The summed E-state index contributed by atoms with van der Waals surface area (Å²) >= 11 is 0. The van der Waals surface area contributed by atoms with Gasteiger partial charge in [-0.3, -0.25) is 0 Å². The van der Waals surface area contributed by atoms with E-state index in [2.05, 4.69) is 24.8 Å². The molecule has 0 unspecified atom stereocenters. The molecule has 4 aliphatic carbocycles. The van der Waals surface area contributed by atoms with E-state index in [0.29, 0.717) is 25.0 Å². The highest BCUT2D eigenvalue weighted by Crippen LogP contribution is 2.74. The first-order chi connectivity index (χ1) is 12.9. The fourth-order valence-electron chi connectivity index (χ4n) is 7.76. The Labute approximate surface area is 161 Å². The molecule has 0 aromatic heterocycles. The molecular formula is C23H30O4. The summed E-state index contributed by atoms with van der Waals surface area (Å²) in [6, 6.07) is 0. The summed E-state index contributed by atoms with van der Waals surface area (Å²) in [6.45, 7) is 5.54. The molecule has 0 aromatic rings. The van der Waals surface area contributed by atoms with Gasteiger partial charge < -0.3 is 19.3 Å². The van der Waals surface area contributed by atoms with E-state index in [0.717, 1.165) is 51.4 Å². The summed E-state index contributed by atoms with van der Waals surface area (Å²) in [5.74, 6) is 6.83. The van der Waals surface area contributed by atoms with Crippen LogP contribution in [0, 0.1) is 29.1 Å².